The predicted octanol–water partition coefficient (Wildman–Crippen LogP) is 2.38. The molecule has 21 heavy (non-hydrogen) atoms. The molecule has 2 unspecified atom stereocenters. The summed E-state index contributed by atoms with van der Waals surface area (Å²) in [6.07, 6.45) is 5.17. The summed E-state index contributed by atoms with van der Waals surface area (Å²) in [4.78, 5) is 14.8. The van der Waals surface area contributed by atoms with Crippen molar-refractivity contribution in [2.24, 2.45) is 23.5 Å². The number of hydrogen-bond acceptors (Lipinski definition) is 2. The molecule has 1 aromatic rings. The Morgan fingerprint density at radius 2 is 1.71 bits per heavy atom. The molecule has 3 nitrogen and oxygen atoms in total. The van der Waals surface area contributed by atoms with Crippen LogP contribution in [0, 0.1) is 17.8 Å². The van der Waals surface area contributed by atoms with Gasteiger partial charge in [-0.05, 0) is 30.2 Å². The maximum Gasteiger partial charge on any atom is 0.226 e. The fraction of sp³-hybridized carbons (Fsp3) is 0.611. The van der Waals surface area contributed by atoms with Gasteiger partial charge >= 0.3 is 0 Å². The number of rotatable bonds is 2. The van der Waals surface area contributed by atoms with Crippen LogP contribution in [0.4, 0.5) is 0 Å². The van der Waals surface area contributed by atoms with Gasteiger partial charge in [0.15, 0.2) is 0 Å². The molecule has 1 aromatic carbocycles. The van der Waals surface area contributed by atoms with Crippen LogP contribution in [0.5, 0.6) is 0 Å². The minimum absolute atomic E-state index is 0.0807. The van der Waals surface area contributed by atoms with Gasteiger partial charge in [0.25, 0.3) is 0 Å². The zero-order valence-electron chi connectivity index (χ0n) is 12.4. The molecule has 4 rings (SSSR count). The number of amides is 1. The molecule has 2 N–H and O–H groups in total. The monoisotopic (exact) mass is 284 g/mol. The van der Waals surface area contributed by atoms with Crippen LogP contribution in [0.25, 0.3) is 0 Å². The van der Waals surface area contributed by atoms with Crippen LogP contribution in [0.1, 0.15) is 37.2 Å². The molecule has 1 amide bonds. The highest BCUT2D eigenvalue weighted by atomic mass is 16.2. The summed E-state index contributed by atoms with van der Waals surface area (Å²) in [6.45, 7) is 1.54. The van der Waals surface area contributed by atoms with Crippen molar-refractivity contribution in [1.29, 1.82) is 0 Å². The van der Waals surface area contributed by atoms with Gasteiger partial charge in [-0.3, -0.25) is 4.79 Å². The van der Waals surface area contributed by atoms with Gasteiger partial charge in [-0.2, -0.15) is 0 Å². The Morgan fingerprint density at radius 1 is 1.05 bits per heavy atom. The molecule has 0 radical (unpaired) electrons. The molecular formula is C18H24N2O. The lowest BCUT2D eigenvalue weighted by atomic mass is 9.95. The first-order valence-electron chi connectivity index (χ1n) is 8.35. The predicted molar refractivity (Wildman–Crippen MR) is 82.7 cm³/mol. The van der Waals surface area contributed by atoms with E-state index in [2.05, 4.69) is 24.3 Å². The first-order chi connectivity index (χ1) is 10.3. The first-order valence-corrected chi connectivity index (χ1v) is 8.35. The van der Waals surface area contributed by atoms with Crippen LogP contribution in [0.3, 0.4) is 0 Å². The van der Waals surface area contributed by atoms with Crippen molar-refractivity contribution < 1.29 is 4.79 Å². The Hall–Kier alpha value is -1.35. The number of carbonyl (C=O) groups is 1. The average Bonchev–Trinajstić information content (AvgIpc) is 3.13. The van der Waals surface area contributed by atoms with Crippen LogP contribution in [0.2, 0.25) is 0 Å². The summed E-state index contributed by atoms with van der Waals surface area (Å²) in [7, 11) is 0. The second kappa shape index (κ2) is 5.13. The third kappa shape index (κ3) is 2.28. The van der Waals surface area contributed by atoms with Crippen molar-refractivity contribution in [3.05, 3.63) is 35.9 Å². The molecule has 1 saturated heterocycles. The molecule has 112 valence electrons. The number of benzene rings is 1. The van der Waals surface area contributed by atoms with Gasteiger partial charge in [-0.15, -0.1) is 0 Å². The highest BCUT2D eigenvalue weighted by molar-refractivity contribution is 5.83. The molecule has 3 heteroatoms. The molecule has 0 bridgehead atoms. The molecule has 0 spiro atoms. The van der Waals surface area contributed by atoms with E-state index < -0.39 is 0 Å². The van der Waals surface area contributed by atoms with Crippen molar-refractivity contribution in [1.82, 2.24) is 4.90 Å². The Kier molecular flexibility index (Phi) is 3.26. The van der Waals surface area contributed by atoms with E-state index in [-0.39, 0.29) is 6.04 Å². The van der Waals surface area contributed by atoms with Crippen molar-refractivity contribution >= 4 is 5.91 Å². The Balaban J connectivity index is 1.45. The van der Waals surface area contributed by atoms with E-state index in [0.29, 0.717) is 29.6 Å². The van der Waals surface area contributed by atoms with Gasteiger partial charge in [0.05, 0.1) is 0 Å². The lowest BCUT2D eigenvalue weighted by molar-refractivity contribution is -0.132. The zero-order valence-corrected chi connectivity index (χ0v) is 12.4. The van der Waals surface area contributed by atoms with E-state index in [4.69, 9.17) is 5.73 Å². The lowest BCUT2D eigenvalue weighted by Gasteiger charge is -2.16. The van der Waals surface area contributed by atoms with Crippen LogP contribution in [0.15, 0.2) is 30.3 Å². The largest absolute Gasteiger partial charge is 0.340 e. The lowest BCUT2D eigenvalue weighted by Crippen LogP contribution is -2.33. The normalized spacial score (nSPS) is 38.1. The second-order valence-electron chi connectivity index (χ2n) is 7.06. The topological polar surface area (TPSA) is 46.3 Å². The number of carbonyl (C=O) groups excluding carboxylic acids is 1. The van der Waals surface area contributed by atoms with Crippen LogP contribution in [-0.2, 0) is 4.79 Å². The number of fused-ring (bicyclic) bond motifs is 1. The van der Waals surface area contributed by atoms with Gasteiger partial charge in [0.1, 0.15) is 0 Å². The highest BCUT2D eigenvalue weighted by Crippen LogP contribution is 2.56. The maximum atomic E-state index is 12.8. The molecule has 3 aliphatic rings. The first kappa shape index (κ1) is 13.3. The Morgan fingerprint density at radius 3 is 2.38 bits per heavy atom. The number of likely N-dealkylation sites (tertiary alicyclic amines) is 1. The van der Waals surface area contributed by atoms with Gasteiger partial charge in [-0.1, -0.05) is 43.2 Å². The SMILES string of the molecule is N[C@@H]1CN(C(=O)C2C3CCCCC32)C[C@H]1c1ccccc1. The van der Waals surface area contributed by atoms with Crippen molar-refractivity contribution in [3.63, 3.8) is 0 Å². The highest BCUT2D eigenvalue weighted by Gasteiger charge is 2.56. The fourth-order valence-corrected chi connectivity index (χ4v) is 4.63. The van der Waals surface area contributed by atoms with Gasteiger partial charge in [-0.25, -0.2) is 0 Å². The van der Waals surface area contributed by atoms with Crippen LogP contribution < -0.4 is 5.73 Å². The van der Waals surface area contributed by atoms with E-state index in [0.717, 1.165) is 13.1 Å². The average molecular weight is 284 g/mol. The van der Waals surface area contributed by atoms with Gasteiger partial charge in [0, 0.05) is 31.0 Å². The smallest absolute Gasteiger partial charge is 0.226 e. The molecule has 2 aliphatic carbocycles. The third-order valence-corrected chi connectivity index (χ3v) is 5.85. The fourth-order valence-electron chi connectivity index (χ4n) is 4.63. The van der Waals surface area contributed by atoms with Crippen molar-refractivity contribution in [2.75, 3.05) is 13.1 Å². The minimum Gasteiger partial charge on any atom is -0.340 e. The molecule has 4 atom stereocenters. The van der Waals surface area contributed by atoms with Gasteiger partial charge in [0.2, 0.25) is 5.91 Å². The van der Waals surface area contributed by atoms with Crippen molar-refractivity contribution in [3.8, 4) is 0 Å². The van der Waals surface area contributed by atoms with Gasteiger partial charge < -0.3 is 10.6 Å². The molecule has 1 aliphatic heterocycles. The van der Waals surface area contributed by atoms with Crippen molar-refractivity contribution in [2.45, 2.75) is 37.6 Å². The molecule has 1 heterocycles. The second-order valence-corrected chi connectivity index (χ2v) is 7.06. The third-order valence-electron chi connectivity index (χ3n) is 5.85. The van der Waals surface area contributed by atoms with E-state index in [1.165, 1.54) is 31.2 Å². The standard InChI is InChI=1S/C18H24N2O/c19-16-11-20(10-15(16)12-6-2-1-3-7-12)18(21)17-13-8-4-5-9-14(13)17/h1-3,6-7,13-17H,4-5,8-11,19H2/t13?,14?,15-,16+,17?/m0/s1. The Labute approximate surface area is 126 Å². The van der Waals surface area contributed by atoms with E-state index >= 15 is 0 Å². The van der Waals surface area contributed by atoms with E-state index in [1.54, 1.807) is 0 Å². The number of hydrogen-bond donors (Lipinski definition) is 1. The summed E-state index contributed by atoms with van der Waals surface area (Å²) in [5.41, 5.74) is 7.58. The summed E-state index contributed by atoms with van der Waals surface area (Å²) in [5.74, 6) is 2.41. The van der Waals surface area contributed by atoms with Crippen LogP contribution in [-0.4, -0.2) is 29.9 Å². The summed E-state index contributed by atoms with van der Waals surface area (Å²) >= 11 is 0. The van der Waals surface area contributed by atoms with Crippen LogP contribution >= 0.6 is 0 Å². The molecule has 0 aromatic heterocycles. The molecule has 2 saturated carbocycles. The van der Waals surface area contributed by atoms with E-state index in [1.807, 2.05) is 11.0 Å². The number of nitrogens with zero attached hydrogens (tertiary/aromatic N) is 1. The minimum atomic E-state index is 0.0807. The summed E-state index contributed by atoms with van der Waals surface area (Å²) in [6, 6.07) is 10.5. The maximum absolute atomic E-state index is 12.8. The van der Waals surface area contributed by atoms with E-state index in [9.17, 15) is 4.79 Å². The molecule has 3 fully saturated rings. The molecular weight excluding hydrogens is 260 g/mol. The summed E-state index contributed by atoms with van der Waals surface area (Å²) in [5, 5.41) is 0. The Bertz CT molecular complexity index is 517. The summed E-state index contributed by atoms with van der Waals surface area (Å²) < 4.78 is 0. The quantitative estimate of drug-likeness (QED) is 0.906. The zero-order chi connectivity index (χ0) is 14.4. The number of nitrogens with two attached hydrogens (primary N) is 1.